The molecule has 0 bridgehead atoms. The lowest BCUT2D eigenvalue weighted by Crippen LogP contribution is -2.41. The van der Waals surface area contributed by atoms with Crippen molar-refractivity contribution in [2.24, 2.45) is 0 Å². The largest absolute Gasteiger partial charge is 0.409 e. The molecule has 1 aromatic carbocycles. The quantitative estimate of drug-likeness (QED) is 0.650. The van der Waals surface area contributed by atoms with Crippen LogP contribution >= 0.6 is 11.3 Å². The van der Waals surface area contributed by atoms with Gasteiger partial charge in [-0.25, -0.2) is 13.9 Å². The Balaban J connectivity index is 2.02. The summed E-state index contributed by atoms with van der Waals surface area (Å²) in [6.07, 6.45) is -2.84. The lowest BCUT2D eigenvalue weighted by molar-refractivity contribution is -0.152. The molecule has 2 atom stereocenters. The van der Waals surface area contributed by atoms with Crippen LogP contribution in [0.5, 0.6) is 0 Å². The number of nitrogens with one attached hydrogen (secondary N) is 1. The lowest BCUT2D eigenvalue weighted by Gasteiger charge is -2.25. The molecule has 9 heteroatoms. The van der Waals surface area contributed by atoms with Crippen LogP contribution < -0.4 is 4.72 Å². The summed E-state index contributed by atoms with van der Waals surface area (Å²) in [5.41, 5.74) is 2.03. The zero-order valence-corrected chi connectivity index (χ0v) is 16.9. The van der Waals surface area contributed by atoms with Gasteiger partial charge in [0.1, 0.15) is 0 Å². The molecular formula is C18H20F3N3OS2. The number of aryl methyl sites for hydroxylation is 1. The van der Waals surface area contributed by atoms with Crippen molar-refractivity contribution in [3.05, 3.63) is 47.1 Å². The third-order valence-corrected chi connectivity index (χ3v) is 6.82. The fourth-order valence-electron chi connectivity index (χ4n) is 2.54. The maximum absolute atomic E-state index is 13.7. The molecule has 0 aliphatic carbocycles. The van der Waals surface area contributed by atoms with Gasteiger partial charge in [-0.1, -0.05) is 41.7 Å². The highest BCUT2D eigenvalue weighted by molar-refractivity contribution is 7.84. The Kier molecular flexibility index (Phi) is 5.22. The molecule has 3 aromatic rings. The van der Waals surface area contributed by atoms with Crippen molar-refractivity contribution in [2.45, 2.75) is 44.7 Å². The molecule has 1 N–H and O–H groups in total. The van der Waals surface area contributed by atoms with Crippen LogP contribution in [0.2, 0.25) is 0 Å². The molecule has 0 saturated carbocycles. The summed E-state index contributed by atoms with van der Waals surface area (Å²) in [6.45, 7) is 6.51. The van der Waals surface area contributed by atoms with Crippen molar-refractivity contribution in [3.63, 3.8) is 0 Å². The molecule has 0 amide bonds. The van der Waals surface area contributed by atoms with E-state index in [4.69, 9.17) is 0 Å². The number of thiazole rings is 1. The van der Waals surface area contributed by atoms with Crippen molar-refractivity contribution in [1.82, 2.24) is 14.1 Å². The minimum absolute atomic E-state index is 0.0715. The monoisotopic (exact) mass is 415 g/mol. The van der Waals surface area contributed by atoms with Gasteiger partial charge in [-0.15, -0.1) is 0 Å². The average Bonchev–Trinajstić information content (AvgIpc) is 3.11. The van der Waals surface area contributed by atoms with E-state index in [0.29, 0.717) is 16.3 Å². The first-order valence-corrected chi connectivity index (χ1v) is 10.2. The minimum atomic E-state index is -4.57. The molecule has 0 aliphatic heterocycles. The average molecular weight is 416 g/mol. The number of aromatic nitrogens is 2. The molecule has 4 nitrogen and oxygen atoms in total. The van der Waals surface area contributed by atoms with Gasteiger partial charge in [-0.3, -0.25) is 4.40 Å². The molecule has 0 radical (unpaired) electrons. The number of halogens is 3. The second-order valence-corrected chi connectivity index (χ2v) is 10.2. The highest BCUT2D eigenvalue weighted by Gasteiger charge is 2.45. The van der Waals surface area contributed by atoms with Crippen LogP contribution in [0.25, 0.3) is 16.2 Å². The molecule has 2 aromatic heterocycles. The number of benzene rings is 1. The molecule has 27 heavy (non-hydrogen) atoms. The molecule has 2 heterocycles. The van der Waals surface area contributed by atoms with Gasteiger partial charge in [0, 0.05) is 17.5 Å². The van der Waals surface area contributed by atoms with Crippen molar-refractivity contribution in [2.75, 3.05) is 0 Å². The molecular weight excluding hydrogens is 395 g/mol. The van der Waals surface area contributed by atoms with E-state index >= 15 is 0 Å². The van der Waals surface area contributed by atoms with Crippen LogP contribution in [0.3, 0.4) is 0 Å². The normalized spacial score (nSPS) is 15.2. The van der Waals surface area contributed by atoms with Crippen LogP contribution in [-0.4, -0.2) is 24.5 Å². The third kappa shape index (κ3) is 4.09. The SMILES string of the molecule is Cc1c([C@H](NS(=O)C(C)(C)C)C(F)(F)F)sc2nc(-c3ccccc3)cn12. The third-order valence-electron chi connectivity index (χ3n) is 4.03. The highest BCUT2D eigenvalue weighted by Crippen LogP contribution is 2.40. The van der Waals surface area contributed by atoms with E-state index in [9.17, 15) is 17.4 Å². The summed E-state index contributed by atoms with van der Waals surface area (Å²) in [5, 5.41) is 0. The molecule has 0 fully saturated rings. The Morgan fingerprint density at radius 1 is 1.19 bits per heavy atom. The molecule has 0 saturated heterocycles. The van der Waals surface area contributed by atoms with E-state index in [0.717, 1.165) is 16.9 Å². The van der Waals surface area contributed by atoms with E-state index in [1.165, 1.54) is 0 Å². The predicted octanol–water partition coefficient (Wildman–Crippen LogP) is 5.03. The first kappa shape index (κ1) is 20.0. The molecule has 0 aliphatic rings. The second kappa shape index (κ2) is 7.03. The van der Waals surface area contributed by atoms with E-state index in [2.05, 4.69) is 9.71 Å². The number of imidazole rings is 1. The Labute approximate surface area is 162 Å². The summed E-state index contributed by atoms with van der Waals surface area (Å²) < 4.78 is 56.5. The van der Waals surface area contributed by atoms with Gasteiger partial charge in [0.15, 0.2) is 11.0 Å². The van der Waals surface area contributed by atoms with Gasteiger partial charge in [0.25, 0.3) is 0 Å². The van der Waals surface area contributed by atoms with Gasteiger partial charge >= 0.3 is 6.18 Å². The van der Waals surface area contributed by atoms with E-state index in [1.54, 1.807) is 38.3 Å². The Morgan fingerprint density at radius 3 is 2.33 bits per heavy atom. The molecule has 3 rings (SSSR count). The number of hydrogen-bond donors (Lipinski definition) is 1. The maximum atomic E-state index is 13.7. The predicted molar refractivity (Wildman–Crippen MR) is 103 cm³/mol. The molecule has 146 valence electrons. The van der Waals surface area contributed by atoms with Crippen molar-refractivity contribution >= 4 is 27.3 Å². The first-order valence-electron chi connectivity index (χ1n) is 8.27. The van der Waals surface area contributed by atoms with Gasteiger partial charge in [0.2, 0.25) is 0 Å². The van der Waals surface area contributed by atoms with Crippen LogP contribution in [0.15, 0.2) is 36.5 Å². The lowest BCUT2D eigenvalue weighted by atomic mass is 10.2. The molecule has 1 unspecified atom stereocenters. The number of alkyl halides is 3. The fourth-order valence-corrected chi connectivity index (χ4v) is 4.61. The smallest absolute Gasteiger partial charge is 0.294 e. The van der Waals surface area contributed by atoms with Crippen LogP contribution in [-0.2, 0) is 11.0 Å². The fraction of sp³-hybridized carbons (Fsp3) is 0.389. The second-order valence-electron chi connectivity index (χ2n) is 7.17. The minimum Gasteiger partial charge on any atom is -0.294 e. The maximum Gasteiger partial charge on any atom is 0.409 e. The van der Waals surface area contributed by atoms with Gasteiger partial charge < -0.3 is 0 Å². The Hall–Kier alpha value is -1.71. The van der Waals surface area contributed by atoms with E-state index in [1.807, 2.05) is 30.3 Å². The zero-order chi connectivity index (χ0) is 20.0. The highest BCUT2D eigenvalue weighted by atomic mass is 32.2. The van der Waals surface area contributed by atoms with E-state index in [-0.39, 0.29) is 4.88 Å². The number of nitrogens with zero attached hydrogens (tertiary/aromatic N) is 2. The summed E-state index contributed by atoms with van der Waals surface area (Å²) in [4.78, 5) is 5.01. The number of rotatable bonds is 4. The summed E-state index contributed by atoms with van der Waals surface area (Å²) in [7, 11) is -1.86. The number of hydrogen-bond acceptors (Lipinski definition) is 3. The first-order chi connectivity index (χ1) is 12.5. The number of fused-ring (bicyclic) bond motifs is 1. The van der Waals surface area contributed by atoms with Gasteiger partial charge in [-0.2, -0.15) is 13.2 Å². The van der Waals surface area contributed by atoms with E-state index < -0.39 is 28.0 Å². The van der Waals surface area contributed by atoms with Crippen molar-refractivity contribution in [3.8, 4) is 11.3 Å². The standard InChI is InChI=1S/C18H20F3N3OS2/c1-11-14(15(18(19,20)21)23-27(25)17(2,3)4)26-16-22-13(10-24(11)16)12-8-6-5-7-9-12/h5-10,15,23H,1-4H3/t15-,27?/m0/s1. The van der Waals surface area contributed by atoms with Crippen LogP contribution in [0, 0.1) is 6.92 Å². The molecule has 0 spiro atoms. The van der Waals surface area contributed by atoms with Gasteiger partial charge in [-0.05, 0) is 27.7 Å². The van der Waals surface area contributed by atoms with Crippen LogP contribution in [0.4, 0.5) is 13.2 Å². The van der Waals surface area contributed by atoms with Crippen LogP contribution in [0.1, 0.15) is 37.4 Å². The summed E-state index contributed by atoms with van der Waals surface area (Å²) in [5.74, 6) is 0. The van der Waals surface area contributed by atoms with Gasteiger partial charge in [0.05, 0.1) is 26.3 Å². The Morgan fingerprint density at radius 2 is 1.81 bits per heavy atom. The van der Waals surface area contributed by atoms with Crippen molar-refractivity contribution < 1.29 is 17.4 Å². The topological polar surface area (TPSA) is 46.4 Å². The van der Waals surface area contributed by atoms with Crippen molar-refractivity contribution in [1.29, 1.82) is 0 Å². The summed E-state index contributed by atoms with van der Waals surface area (Å²) in [6, 6.07) is 7.44. The summed E-state index contributed by atoms with van der Waals surface area (Å²) >= 11 is 0.962. The Bertz CT molecular complexity index is 972. The zero-order valence-electron chi connectivity index (χ0n) is 15.3.